The molecule has 1 amide bonds. The van der Waals surface area contributed by atoms with Gasteiger partial charge in [0.15, 0.2) is 0 Å². The van der Waals surface area contributed by atoms with Crippen molar-refractivity contribution < 1.29 is 4.79 Å². The molecule has 4 nitrogen and oxygen atoms in total. The molecule has 0 aromatic rings. The van der Waals surface area contributed by atoms with Crippen molar-refractivity contribution in [3.63, 3.8) is 0 Å². The van der Waals surface area contributed by atoms with Gasteiger partial charge >= 0.3 is 0 Å². The Labute approximate surface area is 129 Å². The van der Waals surface area contributed by atoms with E-state index in [4.69, 9.17) is 5.73 Å². The first-order valence-electron chi connectivity index (χ1n) is 8.74. The molecule has 3 N–H and O–H groups in total. The summed E-state index contributed by atoms with van der Waals surface area (Å²) in [5.41, 5.74) is 5.27. The van der Waals surface area contributed by atoms with E-state index in [1.165, 1.54) is 38.5 Å². The second-order valence-electron chi connectivity index (χ2n) is 7.45. The first-order chi connectivity index (χ1) is 9.94. The molecule has 122 valence electrons. The van der Waals surface area contributed by atoms with Crippen molar-refractivity contribution in [1.29, 1.82) is 0 Å². The maximum Gasteiger partial charge on any atom is 0.237 e. The Morgan fingerprint density at radius 1 is 1.14 bits per heavy atom. The Hall–Kier alpha value is -0.610. The summed E-state index contributed by atoms with van der Waals surface area (Å²) < 4.78 is 0. The number of nitrogens with zero attached hydrogens (tertiary/aromatic N) is 1. The standard InChI is InChI=1S/C17H33N3O/c1-13(2)19-17(16(18)21)11-7-10-15(12-17)20(3)14-8-5-4-6-9-14/h13-15,19H,4-12H2,1-3H3,(H2,18,21). The number of nitrogens with one attached hydrogen (secondary N) is 1. The van der Waals surface area contributed by atoms with Crippen LogP contribution in [0.2, 0.25) is 0 Å². The van der Waals surface area contributed by atoms with E-state index in [0.717, 1.165) is 19.3 Å². The Kier molecular flexibility index (Phi) is 5.67. The summed E-state index contributed by atoms with van der Waals surface area (Å²) in [5, 5.41) is 3.48. The Morgan fingerprint density at radius 2 is 1.76 bits per heavy atom. The Balaban J connectivity index is 2.05. The van der Waals surface area contributed by atoms with Gasteiger partial charge in [-0.1, -0.05) is 19.3 Å². The maximum atomic E-state index is 12.1. The van der Waals surface area contributed by atoms with Crippen LogP contribution in [0.15, 0.2) is 0 Å². The minimum absolute atomic E-state index is 0.169. The molecule has 2 atom stereocenters. The lowest BCUT2D eigenvalue weighted by molar-refractivity contribution is -0.127. The quantitative estimate of drug-likeness (QED) is 0.819. The molecule has 4 heteroatoms. The largest absolute Gasteiger partial charge is 0.368 e. The van der Waals surface area contributed by atoms with Crippen LogP contribution >= 0.6 is 0 Å². The molecular weight excluding hydrogens is 262 g/mol. The third-order valence-electron chi connectivity index (χ3n) is 5.49. The fraction of sp³-hybridized carbons (Fsp3) is 0.941. The second kappa shape index (κ2) is 7.10. The zero-order valence-corrected chi connectivity index (χ0v) is 14.0. The van der Waals surface area contributed by atoms with Gasteiger partial charge in [0.2, 0.25) is 5.91 Å². The number of amides is 1. The molecule has 2 aliphatic rings. The monoisotopic (exact) mass is 295 g/mol. The lowest BCUT2D eigenvalue weighted by Crippen LogP contribution is -2.62. The van der Waals surface area contributed by atoms with Crippen molar-refractivity contribution in [2.75, 3.05) is 7.05 Å². The molecule has 21 heavy (non-hydrogen) atoms. The van der Waals surface area contributed by atoms with E-state index in [1.807, 2.05) is 0 Å². The number of primary amides is 1. The molecule has 2 unspecified atom stereocenters. The molecule has 0 radical (unpaired) electrons. The highest BCUT2D eigenvalue weighted by Gasteiger charge is 2.43. The van der Waals surface area contributed by atoms with Crippen LogP contribution in [0.5, 0.6) is 0 Å². The van der Waals surface area contributed by atoms with Crippen molar-refractivity contribution in [2.45, 2.75) is 95.3 Å². The highest BCUT2D eigenvalue weighted by molar-refractivity contribution is 5.85. The van der Waals surface area contributed by atoms with Crippen LogP contribution in [-0.4, -0.2) is 41.5 Å². The summed E-state index contributed by atoms with van der Waals surface area (Å²) in [7, 11) is 2.26. The molecule has 2 aliphatic carbocycles. The van der Waals surface area contributed by atoms with Crippen molar-refractivity contribution in [2.24, 2.45) is 5.73 Å². The van der Waals surface area contributed by atoms with Gasteiger partial charge in [0.25, 0.3) is 0 Å². The van der Waals surface area contributed by atoms with Gasteiger partial charge in [0.05, 0.1) is 5.54 Å². The van der Waals surface area contributed by atoms with Crippen LogP contribution in [0.4, 0.5) is 0 Å². The topological polar surface area (TPSA) is 58.4 Å². The van der Waals surface area contributed by atoms with Gasteiger partial charge in [0.1, 0.15) is 0 Å². The minimum Gasteiger partial charge on any atom is -0.368 e. The molecule has 2 fully saturated rings. The fourth-order valence-electron chi connectivity index (χ4n) is 4.36. The average Bonchev–Trinajstić information content (AvgIpc) is 2.47. The van der Waals surface area contributed by atoms with E-state index < -0.39 is 5.54 Å². The predicted molar refractivity (Wildman–Crippen MR) is 87.1 cm³/mol. The van der Waals surface area contributed by atoms with E-state index in [2.05, 4.69) is 31.1 Å². The number of hydrogen-bond donors (Lipinski definition) is 2. The predicted octanol–water partition coefficient (Wildman–Crippen LogP) is 2.42. The van der Waals surface area contributed by atoms with Crippen LogP contribution in [-0.2, 0) is 4.79 Å². The summed E-state index contributed by atoms with van der Waals surface area (Å²) in [6.07, 6.45) is 10.8. The molecular formula is C17H33N3O. The number of carbonyl (C=O) groups is 1. The highest BCUT2D eigenvalue weighted by atomic mass is 16.1. The average molecular weight is 295 g/mol. The van der Waals surface area contributed by atoms with Gasteiger partial charge in [-0.05, 0) is 59.4 Å². The zero-order valence-electron chi connectivity index (χ0n) is 14.0. The Morgan fingerprint density at radius 3 is 2.33 bits per heavy atom. The van der Waals surface area contributed by atoms with Crippen LogP contribution in [0.25, 0.3) is 0 Å². The Bertz CT molecular complexity index is 352. The lowest BCUT2D eigenvalue weighted by Gasteiger charge is -2.46. The van der Waals surface area contributed by atoms with E-state index in [9.17, 15) is 4.79 Å². The SMILES string of the molecule is CC(C)NC1(C(N)=O)CCCC(N(C)C2CCCCC2)C1. The molecule has 2 rings (SSSR count). The molecule has 0 aromatic carbocycles. The van der Waals surface area contributed by atoms with E-state index in [0.29, 0.717) is 12.1 Å². The minimum atomic E-state index is -0.500. The van der Waals surface area contributed by atoms with Gasteiger partial charge in [0, 0.05) is 18.1 Å². The zero-order chi connectivity index (χ0) is 15.5. The van der Waals surface area contributed by atoms with Crippen molar-refractivity contribution in [1.82, 2.24) is 10.2 Å². The highest BCUT2D eigenvalue weighted by Crippen LogP contribution is 2.34. The van der Waals surface area contributed by atoms with Gasteiger partial charge in [-0.25, -0.2) is 0 Å². The number of hydrogen-bond acceptors (Lipinski definition) is 3. The van der Waals surface area contributed by atoms with E-state index in [1.54, 1.807) is 0 Å². The summed E-state index contributed by atoms with van der Waals surface area (Å²) >= 11 is 0. The van der Waals surface area contributed by atoms with Gasteiger partial charge in [-0.15, -0.1) is 0 Å². The van der Waals surface area contributed by atoms with Crippen LogP contribution in [0, 0.1) is 0 Å². The third-order valence-corrected chi connectivity index (χ3v) is 5.49. The number of rotatable bonds is 5. The van der Waals surface area contributed by atoms with E-state index >= 15 is 0 Å². The van der Waals surface area contributed by atoms with E-state index in [-0.39, 0.29) is 11.9 Å². The second-order valence-corrected chi connectivity index (χ2v) is 7.45. The van der Waals surface area contributed by atoms with Crippen LogP contribution in [0.1, 0.15) is 71.6 Å². The third kappa shape index (κ3) is 3.98. The molecule has 0 spiro atoms. The molecule has 0 aromatic heterocycles. The van der Waals surface area contributed by atoms with Gasteiger partial charge in [-0.3, -0.25) is 4.79 Å². The first kappa shape index (κ1) is 16.8. The summed E-state index contributed by atoms with van der Waals surface area (Å²) in [6, 6.07) is 1.48. The summed E-state index contributed by atoms with van der Waals surface area (Å²) in [5.74, 6) is -0.169. The molecule has 0 bridgehead atoms. The van der Waals surface area contributed by atoms with Gasteiger partial charge < -0.3 is 16.0 Å². The smallest absolute Gasteiger partial charge is 0.237 e. The molecule has 0 aliphatic heterocycles. The normalized spacial score (nSPS) is 31.8. The van der Waals surface area contributed by atoms with Crippen LogP contribution < -0.4 is 11.1 Å². The number of carbonyl (C=O) groups excluding carboxylic acids is 1. The molecule has 0 heterocycles. The van der Waals surface area contributed by atoms with Gasteiger partial charge in [-0.2, -0.15) is 0 Å². The van der Waals surface area contributed by atoms with Crippen molar-refractivity contribution in [3.8, 4) is 0 Å². The maximum absolute atomic E-state index is 12.1. The summed E-state index contributed by atoms with van der Waals surface area (Å²) in [6.45, 7) is 4.19. The van der Waals surface area contributed by atoms with Crippen molar-refractivity contribution in [3.05, 3.63) is 0 Å². The first-order valence-corrected chi connectivity index (χ1v) is 8.74. The lowest BCUT2D eigenvalue weighted by atomic mass is 9.76. The summed E-state index contributed by atoms with van der Waals surface area (Å²) in [4.78, 5) is 14.7. The molecule has 0 saturated heterocycles. The van der Waals surface area contributed by atoms with Crippen molar-refractivity contribution >= 4 is 5.91 Å². The van der Waals surface area contributed by atoms with Crippen LogP contribution in [0.3, 0.4) is 0 Å². The fourth-order valence-corrected chi connectivity index (χ4v) is 4.36. The number of nitrogens with two attached hydrogens (primary N) is 1. The molecule has 2 saturated carbocycles.